The minimum absolute atomic E-state index is 0.0294. The van der Waals surface area contributed by atoms with Crippen LogP contribution in [0.15, 0.2) is 91.0 Å². The summed E-state index contributed by atoms with van der Waals surface area (Å²) in [7, 11) is -0.0294. The van der Waals surface area contributed by atoms with Crippen molar-refractivity contribution in [2.75, 3.05) is 0 Å². The summed E-state index contributed by atoms with van der Waals surface area (Å²) >= 11 is 0. The maximum Gasteiger partial charge on any atom is 0.338 e. The fraction of sp³-hybridized carbons (Fsp3) is 0.0476. The molecule has 1 unspecified atom stereocenters. The van der Waals surface area contributed by atoms with Gasteiger partial charge in [0.25, 0.3) is 0 Å². The van der Waals surface area contributed by atoms with E-state index in [2.05, 4.69) is 6.30 Å². The Morgan fingerprint density at radius 1 is 0.652 bits per heavy atom. The Morgan fingerprint density at radius 2 is 0.957 bits per heavy atom. The molecule has 3 rings (SSSR count). The molecular weight excluding hydrogens is 299 g/mol. The minimum atomic E-state index is -0.802. The van der Waals surface area contributed by atoms with Gasteiger partial charge >= 0.3 is 5.52 Å². The third kappa shape index (κ3) is 2.65. The highest BCUT2D eigenvalue weighted by molar-refractivity contribution is 7.56. The van der Waals surface area contributed by atoms with Gasteiger partial charge in [-0.2, -0.15) is 0 Å². The van der Waals surface area contributed by atoms with E-state index in [1.807, 2.05) is 91.0 Å². The SMILES string of the molecule is C=[PH+]C(=O)C(c1ccccc1)(c1ccccc1)c1ccccc1. The molecule has 0 aliphatic rings. The molecule has 0 bridgehead atoms. The van der Waals surface area contributed by atoms with Crippen molar-refractivity contribution in [2.24, 2.45) is 0 Å². The summed E-state index contributed by atoms with van der Waals surface area (Å²) in [6.45, 7) is 0. The van der Waals surface area contributed by atoms with Gasteiger partial charge in [-0.1, -0.05) is 91.0 Å². The standard InChI is InChI=1S/C21H17OP/c1-23-20(22)21(17-11-5-2-6-12-17,18-13-7-3-8-14-18)19-15-9-4-10-16-19/h2-16H,1H2/p+1. The molecule has 2 heteroatoms. The Kier molecular flexibility index (Phi) is 4.50. The van der Waals surface area contributed by atoms with Crippen LogP contribution in [-0.4, -0.2) is 11.8 Å². The molecule has 0 saturated heterocycles. The number of hydrogen-bond donors (Lipinski definition) is 0. The van der Waals surface area contributed by atoms with Crippen LogP contribution >= 0.6 is 8.20 Å². The van der Waals surface area contributed by atoms with Crippen LogP contribution in [0.2, 0.25) is 0 Å². The normalized spacial score (nSPS) is 11.3. The van der Waals surface area contributed by atoms with Crippen molar-refractivity contribution >= 4 is 20.0 Å². The summed E-state index contributed by atoms with van der Waals surface area (Å²) in [5.74, 6) is 0. The average molecular weight is 317 g/mol. The fourth-order valence-electron chi connectivity index (χ4n) is 3.09. The quantitative estimate of drug-likeness (QED) is 0.494. The molecule has 0 aliphatic heterocycles. The smallest absolute Gasteiger partial charge is 0.243 e. The summed E-state index contributed by atoms with van der Waals surface area (Å²) in [4.78, 5) is 13.2. The molecule has 0 spiro atoms. The number of hydrogen-bond acceptors (Lipinski definition) is 1. The third-order valence-electron chi connectivity index (χ3n) is 4.12. The number of carbonyl (C=O) groups is 1. The van der Waals surface area contributed by atoms with Crippen LogP contribution in [0.4, 0.5) is 0 Å². The zero-order valence-corrected chi connectivity index (χ0v) is 13.8. The summed E-state index contributed by atoms with van der Waals surface area (Å²) < 4.78 is 0. The van der Waals surface area contributed by atoms with E-state index in [4.69, 9.17) is 0 Å². The van der Waals surface area contributed by atoms with Crippen LogP contribution < -0.4 is 0 Å². The lowest BCUT2D eigenvalue weighted by Crippen LogP contribution is -2.35. The summed E-state index contributed by atoms with van der Waals surface area (Å²) in [5, 5.41) is 0. The first kappa shape index (κ1) is 15.4. The highest BCUT2D eigenvalue weighted by Gasteiger charge is 2.46. The molecule has 0 N–H and O–H groups in total. The molecule has 112 valence electrons. The van der Waals surface area contributed by atoms with Crippen molar-refractivity contribution < 1.29 is 4.79 Å². The molecule has 23 heavy (non-hydrogen) atoms. The van der Waals surface area contributed by atoms with Crippen molar-refractivity contribution in [1.82, 2.24) is 0 Å². The van der Waals surface area contributed by atoms with E-state index in [0.717, 1.165) is 16.7 Å². The Bertz CT molecular complexity index is 698. The number of benzene rings is 3. The van der Waals surface area contributed by atoms with E-state index >= 15 is 0 Å². The van der Waals surface area contributed by atoms with Gasteiger partial charge in [0.15, 0.2) is 8.20 Å². The van der Waals surface area contributed by atoms with E-state index in [9.17, 15) is 4.79 Å². The van der Waals surface area contributed by atoms with Gasteiger partial charge < -0.3 is 0 Å². The molecule has 3 aromatic rings. The molecule has 0 saturated carbocycles. The van der Waals surface area contributed by atoms with Gasteiger partial charge in [0, 0.05) is 0 Å². The zero-order chi connectivity index (χ0) is 16.1. The largest absolute Gasteiger partial charge is 0.338 e. The maximum absolute atomic E-state index is 13.2. The molecule has 3 aromatic carbocycles. The molecule has 0 aliphatic carbocycles. The molecule has 0 amide bonds. The second kappa shape index (κ2) is 6.73. The van der Waals surface area contributed by atoms with Crippen LogP contribution in [0.3, 0.4) is 0 Å². The molecule has 0 aromatic heterocycles. The first-order valence-electron chi connectivity index (χ1n) is 7.54. The monoisotopic (exact) mass is 317 g/mol. The second-order valence-electron chi connectivity index (χ2n) is 5.35. The van der Waals surface area contributed by atoms with Crippen LogP contribution in [-0.2, 0) is 10.2 Å². The van der Waals surface area contributed by atoms with Gasteiger partial charge in [0.05, 0.1) is 6.30 Å². The van der Waals surface area contributed by atoms with Crippen LogP contribution in [0.25, 0.3) is 0 Å². The lowest BCUT2D eigenvalue weighted by atomic mass is 9.70. The van der Waals surface area contributed by atoms with Gasteiger partial charge in [-0.3, -0.25) is 0 Å². The predicted molar refractivity (Wildman–Crippen MR) is 99.7 cm³/mol. The Balaban J connectivity index is 2.40. The highest BCUT2D eigenvalue weighted by atomic mass is 31.1. The lowest BCUT2D eigenvalue weighted by molar-refractivity contribution is -0.113. The molecule has 1 nitrogen and oxygen atoms in total. The van der Waals surface area contributed by atoms with E-state index in [1.165, 1.54) is 0 Å². The van der Waals surface area contributed by atoms with E-state index < -0.39 is 5.41 Å². The first-order chi connectivity index (χ1) is 11.3. The molecule has 0 fully saturated rings. The fourth-order valence-corrected chi connectivity index (χ4v) is 3.79. The molecule has 1 atom stereocenters. The average Bonchev–Trinajstić information content (AvgIpc) is 2.65. The van der Waals surface area contributed by atoms with Gasteiger partial charge in [-0.15, -0.1) is 0 Å². The zero-order valence-electron chi connectivity index (χ0n) is 12.8. The summed E-state index contributed by atoms with van der Waals surface area (Å²) in [6.07, 6.45) is 3.91. The Morgan fingerprint density at radius 3 is 1.22 bits per heavy atom. The molecular formula is C21H18OP+. The Labute approximate surface area is 138 Å². The van der Waals surface area contributed by atoms with E-state index in [-0.39, 0.29) is 13.7 Å². The van der Waals surface area contributed by atoms with E-state index in [1.54, 1.807) is 0 Å². The predicted octanol–water partition coefficient (Wildman–Crippen LogP) is 4.66. The highest BCUT2D eigenvalue weighted by Crippen LogP contribution is 2.42. The maximum atomic E-state index is 13.2. The first-order valence-corrected chi connectivity index (χ1v) is 8.75. The van der Waals surface area contributed by atoms with Crippen molar-refractivity contribution in [3.8, 4) is 0 Å². The van der Waals surface area contributed by atoms with Gasteiger partial charge in [0.2, 0.25) is 0 Å². The van der Waals surface area contributed by atoms with Gasteiger partial charge in [0.1, 0.15) is 5.41 Å². The number of rotatable bonds is 5. The summed E-state index contributed by atoms with van der Waals surface area (Å²) in [6, 6.07) is 30.0. The van der Waals surface area contributed by atoms with Crippen molar-refractivity contribution in [3.05, 3.63) is 108 Å². The lowest BCUT2D eigenvalue weighted by Gasteiger charge is -2.30. The summed E-state index contributed by atoms with van der Waals surface area (Å²) in [5.41, 5.74) is 2.28. The van der Waals surface area contributed by atoms with Crippen LogP contribution in [0.1, 0.15) is 16.7 Å². The second-order valence-corrected chi connectivity index (χ2v) is 6.16. The topological polar surface area (TPSA) is 17.1 Å². The Hall–Kier alpha value is -2.50. The third-order valence-corrected chi connectivity index (χ3v) is 4.82. The minimum Gasteiger partial charge on any atom is -0.243 e. The van der Waals surface area contributed by atoms with Gasteiger partial charge in [-0.05, 0) is 16.7 Å². The van der Waals surface area contributed by atoms with Crippen LogP contribution in [0, 0.1) is 0 Å². The van der Waals surface area contributed by atoms with Crippen molar-refractivity contribution in [1.29, 1.82) is 0 Å². The van der Waals surface area contributed by atoms with Gasteiger partial charge in [-0.25, -0.2) is 4.79 Å². The van der Waals surface area contributed by atoms with E-state index in [0.29, 0.717) is 0 Å². The molecule has 0 heterocycles. The molecule has 0 radical (unpaired) electrons. The number of carbonyl (C=O) groups excluding carboxylic acids is 1. The van der Waals surface area contributed by atoms with Crippen molar-refractivity contribution in [2.45, 2.75) is 5.41 Å². The van der Waals surface area contributed by atoms with Crippen molar-refractivity contribution in [3.63, 3.8) is 0 Å². The van der Waals surface area contributed by atoms with Crippen LogP contribution in [0.5, 0.6) is 0 Å².